The number of rotatable bonds is 10. The molecule has 0 radical (unpaired) electrons. The Kier molecular flexibility index (Phi) is 11.0. The van der Waals surface area contributed by atoms with E-state index in [4.69, 9.17) is 28.2 Å². The van der Waals surface area contributed by atoms with Crippen LogP contribution >= 0.6 is 0 Å². The van der Waals surface area contributed by atoms with Gasteiger partial charge in [-0.3, -0.25) is 9.59 Å². The lowest BCUT2D eigenvalue weighted by atomic mass is 10.1. The van der Waals surface area contributed by atoms with Crippen LogP contribution in [0.5, 0.6) is 23.0 Å². The zero-order valence-electron chi connectivity index (χ0n) is 26.6. The Morgan fingerprint density at radius 3 is 1.68 bits per heavy atom. The van der Waals surface area contributed by atoms with Crippen molar-refractivity contribution >= 4 is 11.9 Å². The van der Waals surface area contributed by atoms with Crippen LogP contribution in [0, 0.1) is 0 Å². The highest BCUT2D eigenvalue weighted by molar-refractivity contribution is 5.70. The molecule has 38 heavy (non-hydrogen) atoms. The fourth-order valence-electron chi connectivity index (χ4n) is 3.34. The van der Waals surface area contributed by atoms with E-state index in [1.807, 2.05) is 41.5 Å². The van der Waals surface area contributed by atoms with Crippen molar-refractivity contribution in [3.05, 3.63) is 47.5 Å². The molecule has 0 spiro atoms. The first kappa shape index (κ1) is 27.6. The minimum absolute atomic E-state index is 0.133. The average Bonchev–Trinajstić information content (AvgIpc) is 2.79. The summed E-state index contributed by atoms with van der Waals surface area (Å²) in [7, 11) is -1.07. The second-order valence-corrected chi connectivity index (χ2v) is 10.8. The third-order valence-corrected chi connectivity index (χ3v) is 4.91. The van der Waals surface area contributed by atoms with Gasteiger partial charge in [0.25, 0.3) is 0 Å². The number of hydrogen-bond acceptors (Lipinski definition) is 8. The number of carbonyl (C=O) groups is 2. The third-order valence-electron chi connectivity index (χ3n) is 4.91. The quantitative estimate of drug-likeness (QED) is 0.276. The summed E-state index contributed by atoms with van der Waals surface area (Å²) < 4.78 is 41.9. The molecule has 0 aliphatic carbocycles. The molecule has 8 heteroatoms. The molecule has 0 heterocycles. The number of aromatic hydroxyl groups is 2. The molecular weight excluding hydrogens is 488 g/mol. The van der Waals surface area contributed by atoms with E-state index in [1.54, 1.807) is 24.3 Å². The van der Waals surface area contributed by atoms with Crippen molar-refractivity contribution in [1.82, 2.24) is 0 Å². The number of phenolic OH excluding ortho intramolecular Hbond substituents is 2. The van der Waals surface area contributed by atoms with Gasteiger partial charge >= 0.3 is 11.9 Å². The predicted molar refractivity (Wildman–Crippen MR) is 147 cm³/mol. The second-order valence-electron chi connectivity index (χ2n) is 10.8. The number of phenols is 2. The van der Waals surface area contributed by atoms with Gasteiger partial charge in [0, 0.05) is 12.8 Å². The minimum Gasteiger partial charge on any atom is -0.504 e. The molecule has 0 aliphatic rings. The van der Waals surface area contributed by atoms with Gasteiger partial charge in [0.05, 0.1) is 18.3 Å². The first-order chi connectivity index (χ1) is 18.8. The first-order valence-electron chi connectivity index (χ1n) is 14.1. The van der Waals surface area contributed by atoms with Crippen molar-refractivity contribution in [2.75, 3.05) is 14.1 Å². The number of benzene rings is 2. The Morgan fingerprint density at radius 2 is 1.24 bits per heavy atom. The smallest absolute Gasteiger partial charge is 0.306 e. The summed E-state index contributed by atoms with van der Waals surface area (Å²) in [4.78, 5) is 23.1. The average molecular weight is 536 g/mol. The van der Waals surface area contributed by atoms with Crippen LogP contribution in [0.3, 0.4) is 0 Å². The van der Waals surface area contributed by atoms with Crippen molar-refractivity contribution in [3.63, 3.8) is 0 Å². The van der Waals surface area contributed by atoms with E-state index in [0.29, 0.717) is 44.3 Å². The number of aryl methyl sites for hydroxylation is 2. The summed E-state index contributed by atoms with van der Waals surface area (Å²) in [6.07, 6.45) is 3.28. The molecule has 2 aromatic rings. The molecule has 2 aromatic carbocycles. The molecule has 0 amide bonds. The highest BCUT2D eigenvalue weighted by Crippen LogP contribution is 2.28. The third kappa shape index (κ3) is 13.8. The molecule has 0 fully saturated rings. The van der Waals surface area contributed by atoms with Crippen molar-refractivity contribution in [1.29, 1.82) is 0 Å². The van der Waals surface area contributed by atoms with Crippen LogP contribution in [0.4, 0.5) is 0 Å². The molecule has 0 atom stereocenters. The Balaban J connectivity index is 0.000000422. The largest absolute Gasteiger partial charge is 0.504 e. The van der Waals surface area contributed by atoms with E-state index in [9.17, 15) is 14.7 Å². The number of ether oxygens (including phenoxy) is 4. The number of methoxy groups -OCH3 is 2. The molecule has 8 nitrogen and oxygen atoms in total. The van der Waals surface area contributed by atoms with Gasteiger partial charge in [-0.1, -0.05) is 12.1 Å². The molecule has 212 valence electrons. The highest BCUT2D eigenvalue weighted by Gasteiger charge is 2.16. The van der Waals surface area contributed by atoms with E-state index in [1.165, 1.54) is 19.2 Å². The maximum absolute atomic E-state index is 11.7. The van der Waals surface area contributed by atoms with Crippen molar-refractivity contribution < 1.29 is 42.9 Å². The maximum atomic E-state index is 11.7. The van der Waals surface area contributed by atoms with Crippen LogP contribution in [-0.4, -0.2) is 47.5 Å². The summed E-state index contributed by atoms with van der Waals surface area (Å²) in [6, 6.07) is 9.72. The summed E-state index contributed by atoms with van der Waals surface area (Å²) >= 11 is 0. The van der Waals surface area contributed by atoms with Crippen LogP contribution in [-0.2, 0) is 31.9 Å². The fourth-order valence-corrected chi connectivity index (χ4v) is 3.34. The molecule has 0 bridgehead atoms. The Morgan fingerprint density at radius 1 is 0.737 bits per heavy atom. The Hall–Kier alpha value is -3.42. The lowest BCUT2D eigenvalue weighted by molar-refractivity contribution is -0.156. The van der Waals surface area contributed by atoms with Gasteiger partial charge in [-0.15, -0.1) is 0 Å². The van der Waals surface area contributed by atoms with Gasteiger partial charge in [-0.2, -0.15) is 0 Å². The molecular formula is C30H44O8. The van der Waals surface area contributed by atoms with Gasteiger partial charge in [0.2, 0.25) is 0 Å². The van der Waals surface area contributed by atoms with Crippen molar-refractivity contribution in [2.24, 2.45) is 0 Å². The monoisotopic (exact) mass is 535 g/mol. The molecule has 0 unspecified atom stereocenters. The molecule has 0 saturated heterocycles. The lowest BCUT2D eigenvalue weighted by Gasteiger charge is -2.19. The van der Waals surface area contributed by atoms with Gasteiger partial charge in [-0.05, 0) is 103 Å². The van der Waals surface area contributed by atoms with Crippen LogP contribution in [0.2, 0.25) is 0 Å². The van der Waals surface area contributed by atoms with Gasteiger partial charge in [-0.25, -0.2) is 0 Å². The number of esters is 2. The summed E-state index contributed by atoms with van der Waals surface area (Å²) in [5.41, 5.74) is 0.889. The predicted octanol–water partition coefficient (Wildman–Crippen LogP) is 6.13. The minimum atomic E-state index is -2.52. The van der Waals surface area contributed by atoms with Gasteiger partial charge < -0.3 is 29.2 Å². The Labute approximate surface area is 231 Å². The van der Waals surface area contributed by atoms with E-state index in [-0.39, 0.29) is 29.2 Å². The second kappa shape index (κ2) is 15.1. The summed E-state index contributed by atoms with van der Waals surface area (Å²) in [5, 5.41) is 18.5. The Bertz CT molecular complexity index is 1130. The zero-order valence-corrected chi connectivity index (χ0v) is 23.6. The maximum Gasteiger partial charge on any atom is 0.306 e. The van der Waals surface area contributed by atoms with Crippen molar-refractivity contribution in [2.45, 2.75) is 91.3 Å². The van der Waals surface area contributed by atoms with Gasteiger partial charge in [0.15, 0.2) is 23.0 Å². The van der Waals surface area contributed by atoms with E-state index in [2.05, 4.69) is 0 Å². The van der Waals surface area contributed by atoms with Gasteiger partial charge in [0.1, 0.15) is 11.2 Å². The van der Waals surface area contributed by atoms with Crippen LogP contribution in [0.25, 0.3) is 0 Å². The highest BCUT2D eigenvalue weighted by atomic mass is 16.6. The topological polar surface area (TPSA) is 112 Å². The normalized spacial score (nSPS) is 12.7. The molecule has 2 N–H and O–H groups in total. The summed E-state index contributed by atoms with van der Waals surface area (Å²) in [5.74, 6) is -0.188. The molecule has 2 rings (SSSR count). The van der Waals surface area contributed by atoms with E-state index in [0.717, 1.165) is 11.1 Å². The first-order valence-corrected chi connectivity index (χ1v) is 12.6. The van der Waals surface area contributed by atoms with Crippen LogP contribution in [0.1, 0.15) is 82.5 Å². The van der Waals surface area contributed by atoms with Crippen molar-refractivity contribution in [3.8, 4) is 23.0 Å². The molecule has 0 aromatic heterocycles. The lowest BCUT2D eigenvalue weighted by Crippen LogP contribution is -2.23. The van der Waals surface area contributed by atoms with Crippen LogP contribution < -0.4 is 9.47 Å². The summed E-state index contributed by atoms with van der Waals surface area (Å²) in [6.45, 7) is 11.0. The number of hydrogen-bond donors (Lipinski definition) is 2. The standard InChI is InChI=1S/C16H24O4.C14H20O4/c1-16(2,3)20-15(17)8-6-7-12-9-10-13(18-4)14(11-12)19-5;1-14(2,3)18-13(17)6-4-5-10-7-8-11(15)12(16)9-10/h9-11H,6-8H2,1-5H3;7-9,15-16H,4-6H2,1-3H3/i4D3;. The van der Waals surface area contributed by atoms with Crippen LogP contribution in [0.15, 0.2) is 36.4 Å². The molecule has 0 aliphatic heterocycles. The fraction of sp³-hybridized carbons (Fsp3) is 0.533. The zero-order chi connectivity index (χ0) is 31.4. The number of carbonyl (C=O) groups excluding carboxylic acids is 2. The van der Waals surface area contributed by atoms with E-state index >= 15 is 0 Å². The molecule has 0 saturated carbocycles. The van der Waals surface area contributed by atoms with E-state index < -0.39 is 18.2 Å². The SMILES string of the molecule is CC(C)(C)OC(=O)CCCc1ccc(O)c(O)c1.[2H]C([2H])([2H])Oc1ccc(CCCC(=O)OC(C)(C)C)cc1OC.